The summed E-state index contributed by atoms with van der Waals surface area (Å²) in [7, 11) is 0. The maximum absolute atomic E-state index is 2.59. The summed E-state index contributed by atoms with van der Waals surface area (Å²) in [6, 6.07) is 23.2. The molecule has 3 aromatic carbocycles. The molecule has 0 heterocycles. The van der Waals surface area contributed by atoms with Crippen LogP contribution in [0.4, 0.5) is 0 Å². The fraction of sp³-hybridized carbons (Fsp3) is 0.308. The summed E-state index contributed by atoms with van der Waals surface area (Å²) in [5, 5.41) is 0. The first-order valence-electron chi connectivity index (χ1n) is 10.0. The van der Waals surface area contributed by atoms with Crippen LogP contribution >= 0.6 is 0 Å². The highest BCUT2D eigenvalue weighted by Gasteiger charge is 2.41. The summed E-state index contributed by atoms with van der Waals surface area (Å²) in [6.07, 6.45) is 4.00. The van der Waals surface area contributed by atoms with Gasteiger partial charge in [-0.15, -0.1) is 0 Å². The highest BCUT2D eigenvalue weighted by molar-refractivity contribution is 5.87. The van der Waals surface area contributed by atoms with E-state index in [1.807, 2.05) is 0 Å². The predicted octanol–water partition coefficient (Wildman–Crippen LogP) is 6.71. The van der Waals surface area contributed by atoms with Crippen molar-refractivity contribution < 1.29 is 0 Å². The first-order chi connectivity index (χ1) is 12.6. The Hall–Kier alpha value is -2.34. The van der Waals surface area contributed by atoms with Crippen LogP contribution in [0.5, 0.6) is 0 Å². The molecule has 1 fully saturated rings. The van der Waals surface area contributed by atoms with E-state index in [1.165, 1.54) is 52.6 Å². The van der Waals surface area contributed by atoms with E-state index in [4.69, 9.17) is 0 Å². The summed E-state index contributed by atoms with van der Waals surface area (Å²) in [6.45, 7) is 4.79. The lowest BCUT2D eigenvalue weighted by Gasteiger charge is -2.37. The molecule has 0 amide bonds. The normalized spacial score (nSPS) is 23.6. The third kappa shape index (κ3) is 1.75. The molecule has 0 radical (unpaired) electrons. The van der Waals surface area contributed by atoms with Crippen LogP contribution in [-0.2, 0) is 11.8 Å². The fourth-order valence-corrected chi connectivity index (χ4v) is 5.77. The Labute approximate surface area is 155 Å². The number of hydrogen-bond donors (Lipinski definition) is 0. The van der Waals surface area contributed by atoms with Gasteiger partial charge in [0.2, 0.25) is 0 Å². The van der Waals surface area contributed by atoms with E-state index >= 15 is 0 Å². The average molecular weight is 336 g/mol. The second kappa shape index (κ2) is 4.88. The third-order valence-electron chi connectivity index (χ3n) is 7.36. The summed E-state index contributed by atoms with van der Waals surface area (Å²) in [5.74, 6) is 1.59. The van der Waals surface area contributed by atoms with Crippen molar-refractivity contribution in [1.29, 1.82) is 0 Å². The Kier molecular flexibility index (Phi) is 2.78. The standard InChI is InChI=1S/C26H24/c1-26(2)24-10-6-5-9-20(24)23-14-21-18-8-4-3-7-16(18)13-17-11-12-19(17)22(21)15-25(23)26/h3-10,14-15,17,19H,11-13H2,1-2H3. The molecule has 3 aliphatic rings. The molecule has 0 aliphatic heterocycles. The zero-order valence-corrected chi connectivity index (χ0v) is 15.5. The molecule has 0 spiro atoms. The van der Waals surface area contributed by atoms with Crippen LogP contribution in [0.15, 0.2) is 60.7 Å². The number of fused-ring (bicyclic) bond motifs is 8. The largest absolute Gasteiger partial charge is 0.0620 e. The van der Waals surface area contributed by atoms with Crippen molar-refractivity contribution in [2.24, 2.45) is 5.92 Å². The molecular weight excluding hydrogens is 312 g/mol. The second-order valence-electron chi connectivity index (χ2n) is 8.96. The maximum Gasteiger partial charge on any atom is 0.0158 e. The van der Waals surface area contributed by atoms with E-state index < -0.39 is 0 Å². The minimum atomic E-state index is 0.103. The molecule has 3 aliphatic carbocycles. The van der Waals surface area contributed by atoms with Crippen LogP contribution in [0.25, 0.3) is 22.3 Å². The number of benzene rings is 3. The van der Waals surface area contributed by atoms with Crippen molar-refractivity contribution in [1.82, 2.24) is 0 Å². The Bertz CT molecular complexity index is 1050. The molecule has 0 bridgehead atoms. The molecule has 6 rings (SSSR count). The first-order valence-corrected chi connectivity index (χ1v) is 10.0. The quantitative estimate of drug-likeness (QED) is 0.428. The first kappa shape index (κ1) is 14.8. The Morgan fingerprint density at radius 2 is 1.50 bits per heavy atom. The fourth-order valence-electron chi connectivity index (χ4n) is 5.77. The van der Waals surface area contributed by atoms with Crippen molar-refractivity contribution in [3.05, 3.63) is 82.9 Å². The Morgan fingerprint density at radius 3 is 2.31 bits per heavy atom. The molecule has 0 heteroatoms. The highest BCUT2D eigenvalue weighted by atomic mass is 14.4. The Balaban J connectivity index is 1.69. The van der Waals surface area contributed by atoms with Crippen LogP contribution in [-0.4, -0.2) is 0 Å². The van der Waals surface area contributed by atoms with Gasteiger partial charge in [0.15, 0.2) is 0 Å². The van der Waals surface area contributed by atoms with Crippen molar-refractivity contribution in [2.45, 2.75) is 44.4 Å². The minimum Gasteiger partial charge on any atom is -0.0620 e. The van der Waals surface area contributed by atoms with Gasteiger partial charge in [-0.05, 0) is 81.7 Å². The van der Waals surface area contributed by atoms with Gasteiger partial charge < -0.3 is 0 Å². The molecule has 128 valence electrons. The zero-order chi connectivity index (χ0) is 17.5. The number of hydrogen-bond acceptors (Lipinski definition) is 0. The molecule has 0 aromatic heterocycles. The second-order valence-corrected chi connectivity index (χ2v) is 8.96. The molecule has 2 atom stereocenters. The van der Waals surface area contributed by atoms with Crippen molar-refractivity contribution >= 4 is 0 Å². The lowest BCUT2D eigenvalue weighted by molar-refractivity contribution is 0.256. The van der Waals surface area contributed by atoms with E-state index in [-0.39, 0.29) is 5.41 Å². The number of rotatable bonds is 0. The van der Waals surface area contributed by atoms with Crippen LogP contribution in [0.1, 0.15) is 54.9 Å². The van der Waals surface area contributed by atoms with E-state index in [0.717, 1.165) is 11.8 Å². The smallest absolute Gasteiger partial charge is 0.0158 e. The molecule has 0 nitrogen and oxygen atoms in total. The maximum atomic E-state index is 2.59. The van der Waals surface area contributed by atoms with Gasteiger partial charge in [-0.1, -0.05) is 68.4 Å². The molecule has 1 saturated carbocycles. The van der Waals surface area contributed by atoms with E-state index in [2.05, 4.69) is 74.5 Å². The van der Waals surface area contributed by atoms with E-state index in [0.29, 0.717) is 0 Å². The van der Waals surface area contributed by atoms with Gasteiger partial charge in [-0.25, -0.2) is 0 Å². The highest BCUT2D eigenvalue weighted by Crippen LogP contribution is 2.56. The topological polar surface area (TPSA) is 0 Å². The molecule has 26 heavy (non-hydrogen) atoms. The molecule has 0 N–H and O–H groups in total. The zero-order valence-electron chi connectivity index (χ0n) is 15.5. The van der Waals surface area contributed by atoms with Gasteiger partial charge >= 0.3 is 0 Å². The van der Waals surface area contributed by atoms with Gasteiger partial charge in [-0.3, -0.25) is 0 Å². The van der Waals surface area contributed by atoms with Crippen LogP contribution in [0.2, 0.25) is 0 Å². The minimum absolute atomic E-state index is 0.103. The average Bonchev–Trinajstić information content (AvgIpc) is 2.80. The predicted molar refractivity (Wildman–Crippen MR) is 109 cm³/mol. The SMILES string of the molecule is CC1(C)c2ccccc2-c2cc3c(cc21)C1CCC1Cc1ccccc1-3. The van der Waals surface area contributed by atoms with Crippen molar-refractivity contribution in [3.63, 3.8) is 0 Å². The third-order valence-corrected chi connectivity index (χ3v) is 7.36. The van der Waals surface area contributed by atoms with Gasteiger partial charge in [0.1, 0.15) is 0 Å². The van der Waals surface area contributed by atoms with Crippen LogP contribution < -0.4 is 0 Å². The Morgan fingerprint density at radius 1 is 0.731 bits per heavy atom. The van der Waals surface area contributed by atoms with Gasteiger partial charge in [-0.2, -0.15) is 0 Å². The summed E-state index contributed by atoms with van der Waals surface area (Å²) in [4.78, 5) is 0. The molecule has 3 aromatic rings. The van der Waals surface area contributed by atoms with Gasteiger partial charge in [0.25, 0.3) is 0 Å². The molecular formula is C26H24. The van der Waals surface area contributed by atoms with Crippen molar-refractivity contribution in [2.75, 3.05) is 0 Å². The van der Waals surface area contributed by atoms with Crippen LogP contribution in [0.3, 0.4) is 0 Å². The summed E-state index contributed by atoms with van der Waals surface area (Å²) in [5.41, 5.74) is 12.1. The van der Waals surface area contributed by atoms with Crippen LogP contribution in [0, 0.1) is 5.92 Å². The summed E-state index contributed by atoms with van der Waals surface area (Å²) >= 11 is 0. The molecule has 0 saturated heterocycles. The lowest BCUT2D eigenvalue weighted by Crippen LogP contribution is -2.25. The van der Waals surface area contributed by atoms with Gasteiger partial charge in [0.05, 0.1) is 0 Å². The molecule has 2 unspecified atom stereocenters. The summed E-state index contributed by atoms with van der Waals surface area (Å²) < 4.78 is 0. The van der Waals surface area contributed by atoms with Gasteiger partial charge in [0, 0.05) is 5.41 Å². The monoisotopic (exact) mass is 336 g/mol. The van der Waals surface area contributed by atoms with E-state index in [9.17, 15) is 0 Å². The lowest BCUT2D eigenvalue weighted by atomic mass is 9.67. The van der Waals surface area contributed by atoms with E-state index in [1.54, 1.807) is 11.1 Å². The van der Waals surface area contributed by atoms with Crippen molar-refractivity contribution in [3.8, 4) is 22.3 Å².